The zero-order valence-electron chi connectivity index (χ0n) is 67.2. The number of carbonyl (C=O) groups is 4. The fourth-order valence-corrected chi connectivity index (χ4v) is 12.0. The zero-order valence-corrected chi connectivity index (χ0v) is 69.0. The highest BCUT2D eigenvalue weighted by atomic mass is 31.2. The zero-order chi connectivity index (χ0) is 78.9. The minimum absolute atomic E-state index is 0.0695. The first-order valence-corrected chi connectivity index (χ1v) is 44.4. The summed E-state index contributed by atoms with van der Waals surface area (Å²) in [6.07, 6.45) is 94.6. The minimum atomic E-state index is -5.00. The average Bonchev–Trinajstić information content (AvgIpc) is 0.916. The SMILES string of the molecule is CC/C=C\C/C=C\C/C=C\C/C=C\C/C=C\CCCCCC(=O)OCC(COP(=O)(O)OCC(O)COP(=O)(O)OCC(COC(=O)CCCCC/C=C\C/C=C\C/C=C\C/C=C\C/C=C\CC)OC(=O)CCCCCCCCC/C=C\C/C=C\C/C=C\CC)OC(=O)CCCCCCC/C=C\CCCCCC. The van der Waals surface area contributed by atoms with Crippen molar-refractivity contribution < 1.29 is 80.2 Å². The molecular formula is C89H146O17P2. The Kier molecular flexibility index (Phi) is 75.4. The van der Waals surface area contributed by atoms with Crippen LogP contribution in [0.4, 0.5) is 0 Å². The van der Waals surface area contributed by atoms with Gasteiger partial charge in [-0.15, -0.1) is 0 Å². The van der Waals surface area contributed by atoms with E-state index in [4.69, 9.17) is 37.0 Å². The van der Waals surface area contributed by atoms with Crippen LogP contribution in [-0.4, -0.2) is 96.7 Å². The van der Waals surface area contributed by atoms with Gasteiger partial charge < -0.3 is 33.8 Å². The second-order valence-electron chi connectivity index (χ2n) is 26.9. The van der Waals surface area contributed by atoms with Crippen molar-refractivity contribution in [3.63, 3.8) is 0 Å². The van der Waals surface area contributed by atoms with Crippen LogP contribution in [0.2, 0.25) is 0 Å². The number of esters is 4. The van der Waals surface area contributed by atoms with Crippen molar-refractivity contribution in [3.8, 4) is 0 Å². The summed E-state index contributed by atoms with van der Waals surface area (Å²) in [5.74, 6) is -2.28. The fraction of sp³-hybridized carbons (Fsp3) is 0.640. The van der Waals surface area contributed by atoms with Gasteiger partial charge in [0.15, 0.2) is 12.2 Å². The Morgan fingerprint density at radius 1 is 0.269 bits per heavy atom. The van der Waals surface area contributed by atoms with Crippen LogP contribution in [-0.2, 0) is 65.4 Å². The van der Waals surface area contributed by atoms with E-state index in [2.05, 4.69) is 198 Å². The molecule has 108 heavy (non-hydrogen) atoms. The molecule has 614 valence electrons. The quantitative estimate of drug-likeness (QED) is 0.0169. The normalized spacial score (nSPS) is 14.7. The molecule has 0 aliphatic rings. The number of hydrogen-bond acceptors (Lipinski definition) is 15. The Labute approximate surface area is 654 Å². The monoisotopic (exact) mass is 1550 g/mol. The summed E-state index contributed by atoms with van der Waals surface area (Å²) >= 11 is 0. The van der Waals surface area contributed by atoms with Crippen molar-refractivity contribution >= 4 is 39.5 Å². The lowest BCUT2D eigenvalue weighted by Crippen LogP contribution is -2.30. The number of aliphatic hydroxyl groups is 1. The van der Waals surface area contributed by atoms with Gasteiger partial charge >= 0.3 is 39.5 Å². The molecule has 3 N–H and O–H groups in total. The first-order chi connectivity index (χ1) is 52.7. The molecule has 0 amide bonds. The maximum atomic E-state index is 13.1. The first-order valence-electron chi connectivity index (χ1n) is 41.4. The number of phosphoric ester groups is 2. The Morgan fingerprint density at radius 3 is 0.759 bits per heavy atom. The largest absolute Gasteiger partial charge is 0.472 e. The Bertz CT molecular complexity index is 2710. The number of allylic oxidation sites excluding steroid dienone is 28. The van der Waals surface area contributed by atoms with Gasteiger partial charge in [0.2, 0.25) is 0 Å². The molecule has 19 heteroatoms. The van der Waals surface area contributed by atoms with Crippen LogP contribution in [0, 0.1) is 0 Å². The third-order valence-corrected chi connectivity index (χ3v) is 18.6. The van der Waals surface area contributed by atoms with Crippen LogP contribution in [0.15, 0.2) is 170 Å². The van der Waals surface area contributed by atoms with Gasteiger partial charge in [-0.1, -0.05) is 281 Å². The molecule has 17 nitrogen and oxygen atoms in total. The van der Waals surface area contributed by atoms with E-state index in [9.17, 15) is 43.2 Å². The molecule has 0 aliphatic heterocycles. The smallest absolute Gasteiger partial charge is 0.462 e. The molecule has 0 heterocycles. The highest BCUT2D eigenvalue weighted by Gasteiger charge is 2.30. The summed E-state index contributed by atoms with van der Waals surface area (Å²) in [5.41, 5.74) is 0. The Morgan fingerprint density at radius 2 is 0.481 bits per heavy atom. The number of hydrogen-bond donors (Lipinski definition) is 3. The molecule has 5 atom stereocenters. The van der Waals surface area contributed by atoms with E-state index in [0.29, 0.717) is 25.7 Å². The number of rotatable bonds is 76. The summed E-state index contributed by atoms with van der Waals surface area (Å²) in [7, 11) is -10.00. The van der Waals surface area contributed by atoms with E-state index in [1.165, 1.54) is 25.7 Å². The van der Waals surface area contributed by atoms with Gasteiger partial charge in [0.1, 0.15) is 19.3 Å². The topological polar surface area (TPSA) is 237 Å². The standard InChI is InChI=1S/C89H146O17P2/c1-5-9-13-17-21-25-29-33-36-39-41-44-46-50-53-57-61-65-69-73-86(91)99-79-84(105-88(93)75-71-67-63-59-55-49-32-28-24-20-16-12-8-4)81-103-107(95,96)101-77-83(90)78-102-108(97,98)104-82-85(106-89(94)76-72-68-64-60-56-52-48-43-38-35-31-27-23-19-15-11-7-3)80-100-87(92)74-70-66-62-58-54-51-47-45-42-40-37-34-30-26-22-18-14-10-6-2/h9-11,13-15,21-23,25-28,32-38,41-42,44-45,50-51,53-54,83-85,90H,5-8,12,16-20,24,29-31,39-40,43,46-49,52,55-82H2,1-4H3,(H,95,96)(H,97,98)/b13-9-,14-10-,15-11-,25-21-,26-22-,27-23-,32-28-,36-33-,37-34-,38-35-,44-41-,45-42-,53-50-,54-51-. The van der Waals surface area contributed by atoms with Crippen LogP contribution >= 0.6 is 15.6 Å². The predicted molar refractivity (Wildman–Crippen MR) is 445 cm³/mol. The maximum absolute atomic E-state index is 13.1. The summed E-state index contributed by atoms with van der Waals surface area (Å²) in [5, 5.41) is 10.7. The minimum Gasteiger partial charge on any atom is -0.462 e. The van der Waals surface area contributed by atoms with Gasteiger partial charge in [0.25, 0.3) is 0 Å². The van der Waals surface area contributed by atoms with Crippen LogP contribution in [0.3, 0.4) is 0 Å². The second kappa shape index (κ2) is 79.5. The van der Waals surface area contributed by atoms with Crippen LogP contribution < -0.4 is 0 Å². The van der Waals surface area contributed by atoms with E-state index in [1.54, 1.807) is 0 Å². The highest BCUT2D eigenvalue weighted by Crippen LogP contribution is 2.45. The summed E-state index contributed by atoms with van der Waals surface area (Å²) in [4.78, 5) is 73.2. The predicted octanol–water partition coefficient (Wildman–Crippen LogP) is 24.6. The van der Waals surface area contributed by atoms with Crippen molar-refractivity contribution in [2.45, 2.75) is 329 Å². The van der Waals surface area contributed by atoms with Gasteiger partial charge in [-0.25, -0.2) is 9.13 Å². The molecule has 0 aromatic heterocycles. The van der Waals surface area contributed by atoms with E-state index in [0.717, 1.165) is 205 Å². The number of phosphoric acid groups is 2. The maximum Gasteiger partial charge on any atom is 0.472 e. The Hall–Kier alpha value is -5.58. The van der Waals surface area contributed by atoms with Crippen molar-refractivity contribution in [1.29, 1.82) is 0 Å². The molecule has 0 rings (SSSR count). The molecule has 0 saturated carbocycles. The molecule has 0 radical (unpaired) electrons. The van der Waals surface area contributed by atoms with E-state index < -0.39 is 97.5 Å². The van der Waals surface area contributed by atoms with Crippen molar-refractivity contribution in [1.82, 2.24) is 0 Å². The van der Waals surface area contributed by atoms with Crippen molar-refractivity contribution in [3.05, 3.63) is 170 Å². The first kappa shape index (κ1) is 102. The number of aliphatic hydroxyl groups excluding tert-OH is 1. The fourth-order valence-electron chi connectivity index (χ4n) is 10.5. The molecule has 0 aromatic rings. The van der Waals surface area contributed by atoms with E-state index in [-0.39, 0.29) is 25.7 Å². The molecule has 0 fully saturated rings. The van der Waals surface area contributed by atoms with E-state index >= 15 is 0 Å². The van der Waals surface area contributed by atoms with E-state index in [1.807, 2.05) is 0 Å². The van der Waals surface area contributed by atoms with Crippen molar-refractivity contribution in [2.24, 2.45) is 0 Å². The molecule has 0 bridgehead atoms. The number of unbranched alkanes of at least 4 members (excludes halogenated alkanes) is 22. The van der Waals surface area contributed by atoms with Crippen LogP contribution in [0.1, 0.15) is 310 Å². The van der Waals surface area contributed by atoms with Crippen LogP contribution in [0.25, 0.3) is 0 Å². The van der Waals surface area contributed by atoms with Gasteiger partial charge in [-0.3, -0.25) is 37.3 Å². The highest BCUT2D eigenvalue weighted by molar-refractivity contribution is 7.47. The lowest BCUT2D eigenvalue weighted by molar-refractivity contribution is -0.161. The third kappa shape index (κ3) is 78.5. The molecule has 5 unspecified atom stereocenters. The third-order valence-electron chi connectivity index (χ3n) is 16.7. The van der Waals surface area contributed by atoms with Crippen molar-refractivity contribution in [2.75, 3.05) is 39.6 Å². The molecule has 0 spiro atoms. The number of carbonyl (C=O) groups excluding carboxylic acids is 4. The molecule has 0 aromatic carbocycles. The molecule has 0 aliphatic carbocycles. The van der Waals surface area contributed by atoms with Crippen LogP contribution in [0.5, 0.6) is 0 Å². The second-order valence-corrected chi connectivity index (χ2v) is 29.8. The summed E-state index contributed by atoms with van der Waals surface area (Å²) < 4.78 is 68.7. The Balaban J connectivity index is 5.44. The van der Waals surface area contributed by atoms with Gasteiger partial charge in [-0.05, 0) is 173 Å². The summed E-state index contributed by atoms with van der Waals surface area (Å²) in [6, 6.07) is 0. The lowest BCUT2D eigenvalue weighted by atomic mass is 10.1. The van der Waals surface area contributed by atoms with Gasteiger partial charge in [-0.2, -0.15) is 0 Å². The molecular weight excluding hydrogens is 1400 g/mol. The average molecular weight is 1550 g/mol. The van der Waals surface area contributed by atoms with Gasteiger partial charge in [0, 0.05) is 25.7 Å². The summed E-state index contributed by atoms with van der Waals surface area (Å²) in [6.45, 7) is 4.43. The molecule has 0 saturated heterocycles. The van der Waals surface area contributed by atoms with Gasteiger partial charge in [0.05, 0.1) is 26.4 Å². The number of ether oxygens (including phenoxy) is 4. The lowest BCUT2D eigenvalue weighted by Gasteiger charge is -2.21.